The number of halogens is 3. The van der Waals surface area contributed by atoms with E-state index in [1.165, 1.54) is 6.07 Å². The molecule has 11 aromatic carbocycles. The molecule has 5 nitrogen and oxygen atoms in total. The van der Waals surface area contributed by atoms with Crippen LogP contribution in [-0.2, 0) is 6.18 Å². The van der Waals surface area contributed by atoms with Crippen molar-refractivity contribution in [2.75, 3.05) is 0 Å². The van der Waals surface area contributed by atoms with E-state index in [4.69, 9.17) is 0 Å². The molecule has 0 fully saturated rings. The lowest BCUT2D eigenvalue weighted by Crippen LogP contribution is -2.05. The number of benzene rings is 11. The SMILES string of the molecule is Cc1cc(C(F)(F)F)ccc1-c1ccc(-n2c3ccccc3c3cc4c5ccccc5n(-c5ccccc5)c4cc32)c(-c2cc(C#N)ccc2-n2c3ccccc3c3cc4c5ccccc5n(-c5ccccc5)c4cc32)c1. The monoisotopic (exact) mass is 997 g/mol. The summed E-state index contributed by atoms with van der Waals surface area (Å²) in [6, 6.07) is 82.6. The van der Waals surface area contributed by atoms with Crippen molar-refractivity contribution in [3.05, 3.63) is 253 Å². The van der Waals surface area contributed by atoms with Crippen molar-refractivity contribution in [3.63, 3.8) is 0 Å². The van der Waals surface area contributed by atoms with Crippen molar-refractivity contribution in [1.29, 1.82) is 5.26 Å². The molecule has 0 unspecified atom stereocenters. The van der Waals surface area contributed by atoms with Crippen molar-refractivity contribution in [2.45, 2.75) is 13.1 Å². The molecule has 4 heterocycles. The fraction of sp³-hybridized carbons (Fsp3) is 0.0290. The van der Waals surface area contributed by atoms with Crippen LogP contribution in [0.3, 0.4) is 0 Å². The van der Waals surface area contributed by atoms with Gasteiger partial charge in [-0.1, -0.05) is 121 Å². The summed E-state index contributed by atoms with van der Waals surface area (Å²) in [4.78, 5) is 0. The molecule has 0 saturated heterocycles. The van der Waals surface area contributed by atoms with Crippen LogP contribution in [0.5, 0.6) is 0 Å². The Morgan fingerprint density at radius 1 is 0.338 bits per heavy atom. The van der Waals surface area contributed by atoms with Gasteiger partial charge in [0.05, 0.1) is 72.7 Å². The van der Waals surface area contributed by atoms with E-state index < -0.39 is 11.7 Å². The molecule has 0 bridgehead atoms. The maximum absolute atomic E-state index is 14.2. The molecule has 0 aliphatic rings. The van der Waals surface area contributed by atoms with Crippen LogP contribution in [-0.4, -0.2) is 18.3 Å². The first-order valence-electron chi connectivity index (χ1n) is 25.6. The predicted octanol–water partition coefficient (Wildman–Crippen LogP) is 18.6. The summed E-state index contributed by atoms with van der Waals surface area (Å²) in [5, 5.41) is 19.7. The maximum Gasteiger partial charge on any atom is 0.416 e. The summed E-state index contributed by atoms with van der Waals surface area (Å²) < 4.78 is 52.0. The summed E-state index contributed by atoms with van der Waals surface area (Å²) in [6.45, 7) is 1.73. The van der Waals surface area contributed by atoms with Crippen LogP contribution in [0.4, 0.5) is 13.2 Å². The molecule has 15 rings (SSSR count). The first-order valence-corrected chi connectivity index (χ1v) is 25.6. The van der Waals surface area contributed by atoms with Gasteiger partial charge in [-0.05, 0) is 139 Å². The van der Waals surface area contributed by atoms with Gasteiger partial charge >= 0.3 is 6.18 Å². The van der Waals surface area contributed by atoms with Crippen molar-refractivity contribution < 1.29 is 13.2 Å². The molecule has 0 radical (unpaired) electrons. The highest BCUT2D eigenvalue weighted by molar-refractivity contribution is 6.21. The lowest BCUT2D eigenvalue weighted by atomic mass is 9.92. The van der Waals surface area contributed by atoms with Crippen molar-refractivity contribution >= 4 is 87.2 Å². The summed E-state index contributed by atoms with van der Waals surface area (Å²) in [5.74, 6) is 0. The van der Waals surface area contributed by atoms with Crippen LogP contribution in [0.25, 0.3) is 132 Å². The van der Waals surface area contributed by atoms with Crippen LogP contribution in [0.2, 0.25) is 0 Å². The zero-order valence-electron chi connectivity index (χ0n) is 41.4. The molecule has 0 aliphatic heterocycles. The Balaban J connectivity index is 1.07. The highest BCUT2D eigenvalue weighted by Gasteiger charge is 2.31. The van der Waals surface area contributed by atoms with Gasteiger partial charge in [0, 0.05) is 65.6 Å². The molecular formula is C69H42F3N5. The Labute approximate surface area is 439 Å². The van der Waals surface area contributed by atoms with Crippen LogP contribution in [0, 0.1) is 18.3 Å². The first-order chi connectivity index (χ1) is 37.7. The lowest BCUT2D eigenvalue weighted by Gasteiger charge is -2.21. The fourth-order valence-corrected chi connectivity index (χ4v) is 12.4. The van der Waals surface area contributed by atoms with E-state index >= 15 is 0 Å². The summed E-state index contributed by atoms with van der Waals surface area (Å²) >= 11 is 0. The smallest absolute Gasteiger partial charge is 0.309 e. The molecular weight excluding hydrogens is 956 g/mol. The van der Waals surface area contributed by atoms with Gasteiger partial charge in [-0.3, -0.25) is 0 Å². The summed E-state index contributed by atoms with van der Waals surface area (Å²) in [5.41, 5.74) is 15.3. The van der Waals surface area contributed by atoms with Crippen molar-refractivity contribution in [3.8, 4) is 51.1 Å². The number of aryl methyl sites for hydroxylation is 1. The molecule has 4 aromatic heterocycles. The van der Waals surface area contributed by atoms with Gasteiger partial charge in [-0.25, -0.2) is 0 Å². The number of alkyl halides is 3. The topological polar surface area (TPSA) is 43.5 Å². The number of aromatic nitrogens is 4. The molecule has 0 aliphatic carbocycles. The number of hydrogen-bond donors (Lipinski definition) is 0. The quantitative estimate of drug-likeness (QED) is 0.164. The van der Waals surface area contributed by atoms with Gasteiger partial charge in [-0.2, -0.15) is 18.4 Å². The third kappa shape index (κ3) is 6.67. The Hall–Kier alpha value is -10.1. The molecule has 364 valence electrons. The number of fused-ring (bicyclic) bond motifs is 12. The fourth-order valence-electron chi connectivity index (χ4n) is 12.4. The molecule has 0 saturated carbocycles. The van der Waals surface area contributed by atoms with Gasteiger partial charge < -0.3 is 18.3 Å². The number of nitriles is 1. The molecule has 0 atom stereocenters. The third-order valence-electron chi connectivity index (χ3n) is 15.7. The second kappa shape index (κ2) is 16.7. The van der Waals surface area contributed by atoms with Crippen molar-refractivity contribution in [2.24, 2.45) is 0 Å². The van der Waals surface area contributed by atoms with E-state index in [2.05, 4.69) is 206 Å². The third-order valence-corrected chi connectivity index (χ3v) is 15.7. The highest BCUT2D eigenvalue weighted by Crippen LogP contribution is 2.46. The van der Waals surface area contributed by atoms with E-state index in [1.54, 1.807) is 13.0 Å². The zero-order valence-corrected chi connectivity index (χ0v) is 41.4. The van der Waals surface area contributed by atoms with E-state index in [-0.39, 0.29) is 0 Å². The molecule has 0 spiro atoms. The van der Waals surface area contributed by atoms with E-state index in [0.717, 1.165) is 133 Å². The van der Waals surface area contributed by atoms with E-state index in [1.807, 2.05) is 36.4 Å². The first kappa shape index (κ1) is 44.4. The largest absolute Gasteiger partial charge is 0.416 e. The molecule has 8 heteroatoms. The Morgan fingerprint density at radius 3 is 1.18 bits per heavy atom. The Kier molecular flexibility index (Phi) is 9.63. The second-order valence-corrected chi connectivity index (χ2v) is 20.0. The Bertz CT molecular complexity index is 4990. The van der Waals surface area contributed by atoms with Crippen LogP contribution < -0.4 is 0 Å². The van der Waals surface area contributed by atoms with Gasteiger partial charge in [0.25, 0.3) is 0 Å². The number of para-hydroxylation sites is 6. The molecule has 15 aromatic rings. The minimum Gasteiger partial charge on any atom is -0.309 e. The minimum absolute atomic E-state index is 0.467. The van der Waals surface area contributed by atoms with Gasteiger partial charge in [0.15, 0.2) is 0 Å². The van der Waals surface area contributed by atoms with Gasteiger partial charge in [0.2, 0.25) is 0 Å². The Morgan fingerprint density at radius 2 is 0.740 bits per heavy atom. The number of rotatable bonds is 6. The van der Waals surface area contributed by atoms with Crippen LogP contribution in [0.1, 0.15) is 16.7 Å². The standard InChI is InChI=1S/C69H42F3N5/c1-42-34-45(69(70,71)72)30-31-48(42)44-29-33-64(77-62-27-15-11-23-52(62)58-38-56-50-21-9-13-25-60(50)75(66(56)40-68(58)77)47-18-6-3-7-19-47)54(36-44)53-35-43(41-73)28-32-63(53)76-61-26-14-10-22-51(61)57-37-55-49-20-8-12-24-59(49)74(65(55)39-67(57)76)46-16-4-2-5-17-46/h2-40H,1H3. The lowest BCUT2D eigenvalue weighted by molar-refractivity contribution is -0.137. The molecule has 77 heavy (non-hydrogen) atoms. The minimum atomic E-state index is -4.50. The van der Waals surface area contributed by atoms with Crippen LogP contribution >= 0.6 is 0 Å². The predicted molar refractivity (Wildman–Crippen MR) is 309 cm³/mol. The maximum atomic E-state index is 14.2. The summed E-state index contributed by atoms with van der Waals surface area (Å²) in [6.07, 6.45) is -4.50. The normalized spacial score (nSPS) is 12.1. The van der Waals surface area contributed by atoms with Crippen LogP contribution in [0.15, 0.2) is 237 Å². The molecule has 0 amide bonds. The number of hydrogen-bond acceptors (Lipinski definition) is 1. The summed E-state index contributed by atoms with van der Waals surface area (Å²) in [7, 11) is 0. The zero-order chi connectivity index (χ0) is 51.7. The van der Waals surface area contributed by atoms with Crippen molar-refractivity contribution in [1.82, 2.24) is 18.3 Å². The second-order valence-electron chi connectivity index (χ2n) is 20.0. The van der Waals surface area contributed by atoms with Gasteiger partial charge in [-0.15, -0.1) is 0 Å². The average Bonchev–Trinajstić information content (AvgIpc) is 4.20. The molecule has 0 N–H and O–H groups in total. The van der Waals surface area contributed by atoms with E-state index in [9.17, 15) is 18.4 Å². The van der Waals surface area contributed by atoms with Gasteiger partial charge in [0.1, 0.15) is 0 Å². The highest BCUT2D eigenvalue weighted by atomic mass is 19.4. The van der Waals surface area contributed by atoms with E-state index in [0.29, 0.717) is 16.7 Å². The average molecular weight is 998 g/mol. The number of nitrogens with zero attached hydrogens (tertiary/aromatic N) is 5.